The van der Waals surface area contributed by atoms with E-state index in [1.165, 1.54) is 12.1 Å². The van der Waals surface area contributed by atoms with Crippen molar-refractivity contribution in [2.45, 2.75) is 26.7 Å². The molecule has 1 atom stereocenters. The monoisotopic (exact) mass is 392 g/mol. The number of nitrogens with two attached hydrogens (primary N) is 1. The number of hydrogen-bond acceptors (Lipinski definition) is 5. The molecule has 0 spiro atoms. The molecule has 1 unspecified atom stereocenters. The first-order valence-electron chi connectivity index (χ1n) is 9.19. The van der Waals surface area contributed by atoms with Crippen molar-refractivity contribution in [2.24, 2.45) is 5.73 Å². The molecule has 0 aromatic heterocycles. The van der Waals surface area contributed by atoms with Crippen molar-refractivity contribution < 1.29 is 18.7 Å². The summed E-state index contributed by atoms with van der Waals surface area (Å²) in [5.74, 6) is -1.40. The number of carbonyl (C=O) groups is 1. The van der Waals surface area contributed by atoms with Gasteiger partial charge < -0.3 is 15.2 Å². The first-order chi connectivity index (χ1) is 13.9. The number of benzene rings is 2. The minimum Gasteiger partial charge on any atom is -0.463 e. The highest BCUT2D eigenvalue weighted by molar-refractivity contribution is 5.92. The molecule has 2 N–H and O–H groups in total. The summed E-state index contributed by atoms with van der Waals surface area (Å²) in [5.41, 5.74) is 9.36. The molecule has 1 heterocycles. The first-order valence-corrected chi connectivity index (χ1v) is 9.19. The third-order valence-corrected chi connectivity index (χ3v) is 4.83. The van der Waals surface area contributed by atoms with Crippen molar-refractivity contribution in [1.29, 1.82) is 5.26 Å². The Kier molecular flexibility index (Phi) is 5.69. The number of rotatable bonds is 4. The maximum absolute atomic E-state index is 13.8. The second kappa shape index (κ2) is 8.19. The highest BCUT2D eigenvalue weighted by atomic mass is 19.1. The van der Waals surface area contributed by atoms with Gasteiger partial charge in [0.15, 0.2) is 0 Å². The van der Waals surface area contributed by atoms with Crippen molar-refractivity contribution in [2.75, 3.05) is 6.61 Å². The fourth-order valence-corrected chi connectivity index (χ4v) is 3.48. The van der Waals surface area contributed by atoms with Crippen LogP contribution in [0.3, 0.4) is 0 Å². The standard InChI is InChI=1S/C23H21FN2O3/c1-4-28-23(27)20-14(3)29-22(26)19(12-25)21(20)16-7-5-6-15(10-16)18-11-17(24)9-8-13(18)2/h5-11,21H,4,26H2,1-3H3. The van der Waals surface area contributed by atoms with E-state index in [9.17, 15) is 14.4 Å². The van der Waals surface area contributed by atoms with E-state index < -0.39 is 11.9 Å². The Morgan fingerprint density at radius 3 is 2.72 bits per heavy atom. The number of esters is 1. The Labute approximate surface area is 168 Å². The van der Waals surface area contributed by atoms with Crippen LogP contribution < -0.4 is 5.73 Å². The summed E-state index contributed by atoms with van der Waals surface area (Å²) in [6.45, 7) is 5.39. The van der Waals surface area contributed by atoms with Crippen LogP contribution in [-0.2, 0) is 14.3 Å². The van der Waals surface area contributed by atoms with Crippen molar-refractivity contribution in [3.63, 3.8) is 0 Å². The molecular formula is C23H21FN2O3. The Balaban J connectivity index is 2.18. The van der Waals surface area contributed by atoms with Crippen LogP contribution in [-0.4, -0.2) is 12.6 Å². The lowest BCUT2D eigenvalue weighted by atomic mass is 9.82. The highest BCUT2D eigenvalue weighted by Gasteiger charge is 2.36. The predicted molar refractivity (Wildman–Crippen MR) is 107 cm³/mol. The number of halogens is 1. The fourth-order valence-electron chi connectivity index (χ4n) is 3.48. The maximum atomic E-state index is 13.8. The predicted octanol–water partition coefficient (Wildman–Crippen LogP) is 4.45. The number of carbonyl (C=O) groups excluding carboxylic acids is 1. The smallest absolute Gasteiger partial charge is 0.338 e. The van der Waals surface area contributed by atoms with E-state index in [1.807, 2.05) is 19.1 Å². The summed E-state index contributed by atoms with van der Waals surface area (Å²) >= 11 is 0. The third-order valence-electron chi connectivity index (χ3n) is 4.83. The Morgan fingerprint density at radius 1 is 1.28 bits per heavy atom. The normalized spacial score (nSPS) is 16.3. The minimum atomic E-state index is -0.735. The van der Waals surface area contributed by atoms with Gasteiger partial charge in [0.25, 0.3) is 0 Å². The lowest BCUT2D eigenvalue weighted by Gasteiger charge is -2.27. The topological polar surface area (TPSA) is 85.3 Å². The van der Waals surface area contributed by atoms with E-state index in [4.69, 9.17) is 15.2 Å². The molecule has 0 bridgehead atoms. The van der Waals surface area contributed by atoms with Crippen molar-refractivity contribution >= 4 is 5.97 Å². The van der Waals surface area contributed by atoms with E-state index in [0.717, 1.165) is 16.7 Å². The van der Waals surface area contributed by atoms with Gasteiger partial charge in [-0.05, 0) is 55.2 Å². The average molecular weight is 392 g/mol. The Morgan fingerprint density at radius 2 is 2.03 bits per heavy atom. The molecule has 0 fully saturated rings. The van der Waals surface area contributed by atoms with Crippen LogP contribution in [0.2, 0.25) is 0 Å². The maximum Gasteiger partial charge on any atom is 0.338 e. The lowest BCUT2D eigenvalue weighted by molar-refractivity contribution is -0.139. The fraction of sp³-hybridized carbons (Fsp3) is 0.217. The van der Waals surface area contributed by atoms with Crippen LogP contribution in [0.25, 0.3) is 11.1 Å². The summed E-state index contributed by atoms with van der Waals surface area (Å²) < 4.78 is 24.4. The van der Waals surface area contributed by atoms with Crippen LogP contribution in [0.5, 0.6) is 0 Å². The van der Waals surface area contributed by atoms with Gasteiger partial charge >= 0.3 is 5.97 Å². The number of nitriles is 1. The summed E-state index contributed by atoms with van der Waals surface area (Å²) in [4.78, 5) is 12.6. The zero-order valence-electron chi connectivity index (χ0n) is 16.5. The van der Waals surface area contributed by atoms with Gasteiger partial charge in [-0.3, -0.25) is 0 Å². The summed E-state index contributed by atoms with van der Waals surface area (Å²) in [5, 5.41) is 9.68. The van der Waals surface area contributed by atoms with E-state index in [2.05, 4.69) is 6.07 Å². The van der Waals surface area contributed by atoms with Crippen LogP contribution in [0.4, 0.5) is 4.39 Å². The average Bonchev–Trinajstić information content (AvgIpc) is 2.69. The van der Waals surface area contributed by atoms with Crippen LogP contribution in [0.1, 0.15) is 30.9 Å². The second-order valence-corrected chi connectivity index (χ2v) is 6.70. The molecule has 5 nitrogen and oxygen atoms in total. The minimum absolute atomic E-state index is 0.0459. The largest absolute Gasteiger partial charge is 0.463 e. The molecular weight excluding hydrogens is 371 g/mol. The van der Waals surface area contributed by atoms with Gasteiger partial charge in [0.2, 0.25) is 5.88 Å². The van der Waals surface area contributed by atoms with Crippen molar-refractivity contribution in [3.05, 3.63) is 82.2 Å². The molecule has 148 valence electrons. The molecule has 0 saturated carbocycles. The zero-order chi connectivity index (χ0) is 21.1. The summed E-state index contributed by atoms with van der Waals surface area (Å²) in [6, 6.07) is 13.9. The summed E-state index contributed by atoms with van der Waals surface area (Å²) in [7, 11) is 0. The SMILES string of the molecule is CCOC(=O)C1=C(C)OC(N)=C(C#N)C1c1cccc(-c2cc(F)ccc2C)c1. The molecule has 0 aliphatic carbocycles. The number of ether oxygens (including phenoxy) is 2. The van der Waals surface area contributed by atoms with E-state index in [0.29, 0.717) is 5.56 Å². The van der Waals surface area contributed by atoms with Crippen LogP contribution in [0.15, 0.2) is 65.3 Å². The van der Waals surface area contributed by atoms with Crippen molar-refractivity contribution in [3.8, 4) is 17.2 Å². The van der Waals surface area contributed by atoms with Gasteiger partial charge in [-0.2, -0.15) is 5.26 Å². The Hall–Kier alpha value is -3.59. The summed E-state index contributed by atoms with van der Waals surface area (Å²) in [6.07, 6.45) is 0. The highest BCUT2D eigenvalue weighted by Crippen LogP contribution is 2.40. The number of aryl methyl sites for hydroxylation is 1. The third kappa shape index (κ3) is 3.85. The first kappa shape index (κ1) is 20.2. The molecule has 0 amide bonds. The van der Waals surface area contributed by atoms with Crippen LogP contribution >= 0.6 is 0 Å². The quantitative estimate of drug-likeness (QED) is 0.777. The molecule has 2 aromatic carbocycles. The molecule has 2 aromatic rings. The number of hydrogen-bond donors (Lipinski definition) is 1. The van der Waals surface area contributed by atoms with Gasteiger partial charge in [-0.1, -0.05) is 30.3 Å². The van der Waals surface area contributed by atoms with Gasteiger partial charge in [0, 0.05) is 0 Å². The zero-order valence-corrected chi connectivity index (χ0v) is 16.5. The number of nitrogens with zero attached hydrogens (tertiary/aromatic N) is 1. The molecule has 29 heavy (non-hydrogen) atoms. The molecule has 0 radical (unpaired) electrons. The van der Waals surface area contributed by atoms with Gasteiger partial charge in [0.1, 0.15) is 23.2 Å². The molecule has 6 heteroatoms. The Bertz CT molecular complexity index is 1080. The molecule has 1 aliphatic rings. The van der Waals surface area contributed by atoms with Gasteiger partial charge in [-0.15, -0.1) is 0 Å². The van der Waals surface area contributed by atoms with E-state index in [-0.39, 0.29) is 35.2 Å². The van der Waals surface area contributed by atoms with Gasteiger partial charge in [0.05, 0.1) is 18.1 Å². The number of allylic oxidation sites excluding steroid dienone is 2. The molecule has 0 saturated heterocycles. The van der Waals surface area contributed by atoms with Crippen LogP contribution in [0, 0.1) is 24.1 Å². The van der Waals surface area contributed by atoms with Gasteiger partial charge in [-0.25, -0.2) is 9.18 Å². The van der Waals surface area contributed by atoms with E-state index >= 15 is 0 Å². The second-order valence-electron chi connectivity index (χ2n) is 6.70. The lowest BCUT2D eigenvalue weighted by Crippen LogP contribution is -2.25. The molecule has 1 aliphatic heterocycles. The molecule has 3 rings (SSSR count). The van der Waals surface area contributed by atoms with E-state index in [1.54, 1.807) is 32.0 Å². The van der Waals surface area contributed by atoms with Crippen molar-refractivity contribution in [1.82, 2.24) is 0 Å².